The van der Waals surface area contributed by atoms with Gasteiger partial charge in [0, 0.05) is 11.9 Å². The van der Waals surface area contributed by atoms with Crippen LogP contribution in [-0.4, -0.2) is 25.7 Å². The van der Waals surface area contributed by atoms with Gasteiger partial charge in [-0.15, -0.1) is 11.3 Å². The molecule has 4 aromatic rings. The zero-order valence-corrected chi connectivity index (χ0v) is 18.3. The third-order valence-corrected chi connectivity index (χ3v) is 6.17. The van der Waals surface area contributed by atoms with Gasteiger partial charge in [0.1, 0.15) is 10.7 Å². The van der Waals surface area contributed by atoms with Crippen molar-refractivity contribution in [3.63, 3.8) is 0 Å². The van der Waals surface area contributed by atoms with Crippen LogP contribution >= 0.6 is 11.3 Å². The molecule has 7 heteroatoms. The molecule has 0 spiro atoms. The van der Waals surface area contributed by atoms with Crippen molar-refractivity contribution in [3.05, 3.63) is 46.7 Å². The molecule has 0 radical (unpaired) electrons. The van der Waals surface area contributed by atoms with Gasteiger partial charge in [0.2, 0.25) is 0 Å². The number of aromatic amines is 1. The van der Waals surface area contributed by atoms with Gasteiger partial charge in [-0.1, -0.05) is 39.8 Å². The molecule has 6 nitrogen and oxygen atoms in total. The number of aryl methyl sites for hydroxylation is 1. The number of rotatable bonds is 6. The van der Waals surface area contributed by atoms with Crippen molar-refractivity contribution in [1.82, 2.24) is 25.1 Å². The van der Waals surface area contributed by atoms with E-state index in [0.717, 1.165) is 39.3 Å². The molecule has 1 aromatic carbocycles. The highest BCUT2D eigenvalue weighted by molar-refractivity contribution is 7.20. The lowest BCUT2D eigenvalue weighted by molar-refractivity contribution is 0.0927. The molecule has 0 fully saturated rings. The maximum absolute atomic E-state index is 13.1. The molecule has 0 saturated heterocycles. The van der Waals surface area contributed by atoms with E-state index in [0.29, 0.717) is 10.8 Å². The molecule has 2 N–H and O–H groups in total. The zero-order valence-electron chi connectivity index (χ0n) is 17.5. The number of H-pyrrole nitrogens is 1. The number of amides is 1. The van der Waals surface area contributed by atoms with Crippen molar-refractivity contribution >= 4 is 38.5 Å². The third-order valence-electron chi connectivity index (χ3n) is 5.02. The molecule has 1 atom stereocenters. The number of hydrogen-bond donors (Lipinski definition) is 2. The van der Waals surface area contributed by atoms with Gasteiger partial charge in [-0.05, 0) is 37.0 Å². The Morgan fingerprint density at radius 1 is 1.24 bits per heavy atom. The lowest BCUT2D eigenvalue weighted by Crippen LogP contribution is -2.32. The van der Waals surface area contributed by atoms with E-state index in [1.54, 1.807) is 0 Å². The van der Waals surface area contributed by atoms with Crippen LogP contribution < -0.4 is 5.32 Å². The van der Waals surface area contributed by atoms with Crippen LogP contribution in [0.25, 0.3) is 21.3 Å². The average molecular weight is 410 g/mol. The standard InChI is InChI=1S/C22H27N5OS/c1-12(2)11-27-22-15(14(5)26-27)10-18(29-22)21(28)25-19(13(3)4)20-23-16-8-6-7-9-17(16)24-20/h6-10,12-13,19H,11H2,1-5H3,(H,23,24)(H,25,28)/t19-/m0/s1. The number of nitrogens with one attached hydrogen (secondary N) is 2. The summed E-state index contributed by atoms with van der Waals surface area (Å²) < 4.78 is 2.02. The number of fused-ring (bicyclic) bond motifs is 2. The number of thiophene rings is 1. The molecular formula is C22H27N5OS. The van der Waals surface area contributed by atoms with E-state index in [4.69, 9.17) is 4.98 Å². The fourth-order valence-corrected chi connectivity index (χ4v) is 4.65. The van der Waals surface area contributed by atoms with E-state index in [1.807, 2.05) is 41.9 Å². The molecule has 3 heterocycles. The SMILES string of the molecule is Cc1nn(CC(C)C)c2sc(C(=O)N[C@H](c3nc4ccccc4[nH]3)C(C)C)cc12. The Labute approximate surface area is 174 Å². The van der Waals surface area contributed by atoms with Crippen LogP contribution in [0, 0.1) is 18.8 Å². The largest absolute Gasteiger partial charge is 0.341 e. The second-order valence-corrected chi connectivity index (χ2v) is 9.36. The summed E-state index contributed by atoms with van der Waals surface area (Å²) in [7, 11) is 0. The van der Waals surface area contributed by atoms with Gasteiger partial charge in [-0.3, -0.25) is 9.48 Å². The number of carbonyl (C=O) groups is 1. The Balaban J connectivity index is 1.62. The highest BCUT2D eigenvalue weighted by Crippen LogP contribution is 2.30. The number of para-hydroxylation sites is 2. The fourth-order valence-electron chi connectivity index (χ4n) is 3.58. The number of nitrogens with zero attached hydrogens (tertiary/aromatic N) is 3. The summed E-state index contributed by atoms with van der Waals surface area (Å²) in [5.41, 5.74) is 2.86. The minimum Gasteiger partial charge on any atom is -0.341 e. The summed E-state index contributed by atoms with van der Waals surface area (Å²) in [6.07, 6.45) is 0. The summed E-state index contributed by atoms with van der Waals surface area (Å²) in [4.78, 5) is 22.9. The Kier molecular flexibility index (Phi) is 5.17. The van der Waals surface area contributed by atoms with Crippen LogP contribution in [0.4, 0.5) is 0 Å². The monoisotopic (exact) mass is 409 g/mol. The molecule has 152 valence electrons. The van der Waals surface area contributed by atoms with E-state index in [-0.39, 0.29) is 17.9 Å². The first-order valence-corrected chi connectivity index (χ1v) is 10.9. The van der Waals surface area contributed by atoms with E-state index in [1.165, 1.54) is 11.3 Å². The Hall–Kier alpha value is -2.67. The highest BCUT2D eigenvalue weighted by Gasteiger charge is 2.24. The van der Waals surface area contributed by atoms with Crippen LogP contribution in [0.3, 0.4) is 0 Å². The maximum Gasteiger partial charge on any atom is 0.262 e. The van der Waals surface area contributed by atoms with Gasteiger partial charge in [0.25, 0.3) is 5.91 Å². The molecule has 0 bridgehead atoms. The normalized spacial score (nSPS) is 13.1. The van der Waals surface area contributed by atoms with Crippen molar-refractivity contribution in [2.45, 2.75) is 47.2 Å². The van der Waals surface area contributed by atoms with E-state index in [2.05, 4.69) is 43.1 Å². The van der Waals surface area contributed by atoms with Gasteiger partial charge in [-0.25, -0.2) is 4.98 Å². The van der Waals surface area contributed by atoms with Crippen LogP contribution in [0.1, 0.15) is 54.9 Å². The van der Waals surface area contributed by atoms with Crippen molar-refractivity contribution < 1.29 is 4.79 Å². The summed E-state index contributed by atoms with van der Waals surface area (Å²) in [6, 6.07) is 9.70. The van der Waals surface area contributed by atoms with Crippen molar-refractivity contribution in [2.75, 3.05) is 0 Å². The average Bonchev–Trinajstić information content (AvgIpc) is 3.34. The van der Waals surface area contributed by atoms with Crippen LogP contribution in [0.5, 0.6) is 0 Å². The van der Waals surface area contributed by atoms with Gasteiger partial charge < -0.3 is 10.3 Å². The molecule has 0 aliphatic carbocycles. The highest BCUT2D eigenvalue weighted by atomic mass is 32.1. The van der Waals surface area contributed by atoms with Gasteiger partial charge in [-0.2, -0.15) is 5.10 Å². The van der Waals surface area contributed by atoms with E-state index in [9.17, 15) is 4.79 Å². The summed E-state index contributed by atoms with van der Waals surface area (Å²) in [5, 5.41) is 8.88. The minimum atomic E-state index is -0.187. The molecule has 1 amide bonds. The van der Waals surface area contributed by atoms with Crippen molar-refractivity contribution in [3.8, 4) is 0 Å². The first-order valence-electron chi connectivity index (χ1n) is 10.1. The number of carbonyl (C=O) groups excluding carboxylic acids is 1. The van der Waals surface area contributed by atoms with E-state index < -0.39 is 0 Å². The number of aromatic nitrogens is 4. The second kappa shape index (κ2) is 7.63. The zero-order chi connectivity index (χ0) is 20.7. The third kappa shape index (κ3) is 3.79. The molecule has 0 unspecified atom stereocenters. The van der Waals surface area contributed by atoms with Crippen LogP contribution in [0.2, 0.25) is 0 Å². The van der Waals surface area contributed by atoms with Crippen LogP contribution in [0.15, 0.2) is 30.3 Å². The Morgan fingerprint density at radius 3 is 2.69 bits per heavy atom. The van der Waals surface area contributed by atoms with Crippen LogP contribution in [-0.2, 0) is 6.54 Å². The Bertz CT molecular complexity index is 1130. The number of imidazole rings is 1. The number of benzene rings is 1. The van der Waals surface area contributed by atoms with Crippen molar-refractivity contribution in [2.24, 2.45) is 11.8 Å². The quantitative estimate of drug-likeness (QED) is 0.467. The van der Waals surface area contributed by atoms with E-state index >= 15 is 0 Å². The second-order valence-electron chi connectivity index (χ2n) is 8.33. The Morgan fingerprint density at radius 2 is 2.00 bits per heavy atom. The first-order chi connectivity index (χ1) is 13.8. The molecule has 0 aliphatic heterocycles. The molecular weight excluding hydrogens is 382 g/mol. The smallest absolute Gasteiger partial charge is 0.262 e. The summed E-state index contributed by atoms with van der Waals surface area (Å²) in [6.45, 7) is 11.4. The molecule has 4 rings (SSSR count). The maximum atomic E-state index is 13.1. The molecule has 3 aromatic heterocycles. The topological polar surface area (TPSA) is 75.6 Å². The fraction of sp³-hybridized carbons (Fsp3) is 0.409. The van der Waals surface area contributed by atoms with Gasteiger partial charge in [0.05, 0.1) is 27.6 Å². The predicted octanol–water partition coefficient (Wildman–Crippen LogP) is 5.07. The van der Waals surface area contributed by atoms with Gasteiger partial charge >= 0.3 is 0 Å². The minimum absolute atomic E-state index is 0.0687. The molecule has 29 heavy (non-hydrogen) atoms. The van der Waals surface area contributed by atoms with Gasteiger partial charge in [0.15, 0.2) is 0 Å². The predicted molar refractivity (Wildman–Crippen MR) is 118 cm³/mol. The first kappa shape index (κ1) is 19.6. The molecule has 0 saturated carbocycles. The lowest BCUT2D eigenvalue weighted by atomic mass is 10.0. The summed E-state index contributed by atoms with van der Waals surface area (Å²) in [5.74, 6) is 1.42. The summed E-state index contributed by atoms with van der Waals surface area (Å²) >= 11 is 1.51. The molecule has 0 aliphatic rings. The van der Waals surface area contributed by atoms with Crippen molar-refractivity contribution in [1.29, 1.82) is 0 Å². The number of hydrogen-bond acceptors (Lipinski definition) is 4. The lowest BCUT2D eigenvalue weighted by Gasteiger charge is -2.20.